The SMILES string of the molecule is CCCN(CCC)CCc1ccccc1CC(=O)NO. The maximum absolute atomic E-state index is 11.3. The summed E-state index contributed by atoms with van der Waals surface area (Å²) >= 11 is 0. The fourth-order valence-electron chi connectivity index (χ4n) is 2.43. The molecule has 0 radical (unpaired) electrons. The van der Waals surface area contributed by atoms with Gasteiger partial charge in [0.1, 0.15) is 0 Å². The van der Waals surface area contributed by atoms with Gasteiger partial charge in [0.15, 0.2) is 0 Å². The summed E-state index contributed by atoms with van der Waals surface area (Å²) in [6.07, 6.45) is 3.49. The zero-order chi connectivity index (χ0) is 14.8. The number of rotatable bonds is 9. The second kappa shape index (κ2) is 9.50. The molecule has 4 heteroatoms. The highest BCUT2D eigenvalue weighted by molar-refractivity contribution is 5.77. The Morgan fingerprint density at radius 2 is 1.70 bits per heavy atom. The van der Waals surface area contributed by atoms with E-state index in [-0.39, 0.29) is 12.3 Å². The molecule has 0 aromatic heterocycles. The number of carbonyl (C=O) groups is 1. The molecule has 0 bridgehead atoms. The Hall–Kier alpha value is -1.39. The highest BCUT2D eigenvalue weighted by Crippen LogP contribution is 2.11. The Labute approximate surface area is 121 Å². The smallest absolute Gasteiger partial charge is 0.247 e. The molecule has 4 nitrogen and oxygen atoms in total. The summed E-state index contributed by atoms with van der Waals surface area (Å²) in [7, 11) is 0. The van der Waals surface area contributed by atoms with Crippen molar-refractivity contribution in [3.05, 3.63) is 35.4 Å². The van der Waals surface area contributed by atoms with E-state index in [2.05, 4.69) is 24.8 Å². The number of nitrogens with one attached hydrogen (secondary N) is 1. The van der Waals surface area contributed by atoms with Gasteiger partial charge in [-0.3, -0.25) is 10.0 Å². The van der Waals surface area contributed by atoms with E-state index in [0.29, 0.717) is 0 Å². The van der Waals surface area contributed by atoms with E-state index in [1.54, 1.807) is 5.48 Å². The van der Waals surface area contributed by atoms with Crippen LogP contribution in [0.1, 0.15) is 37.8 Å². The van der Waals surface area contributed by atoms with E-state index in [4.69, 9.17) is 5.21 Å². The van der Waals surface area contributed by atoms with Crippen molar-refractivity contribution in [2.75, 3.05) is 19.6 Å². The third kappa shape index (κ3) is 5.72. The first-order valence-corrected chi connectivity index (χ1v) is 7.43. The minimum absolute atomic E-state index is 0.230. The van der Waals surface area contributed by atoms with Crippen LogP contribution in [0, 0.1) is 0 Å². The van der Waals surface area contributed by atoms with Crippen LogP contribution in [0.4, 0.5) is 0 Å². The minimum atomic E-state index is -0.364. The van der Waals surface area contributed by atoms with Crippen molar-refractivity contribution in [3.8, 4) is 0 Å². The molecule has 0 saturated carbocycles. The third-order valence-corrected chi connectivity index (χ3v) is 3.37. The molecule has 0 spiro atoms. The van der Waals surface area contributed by atoms with Gasteiger partial charge < -0.3 is 4.90 Å². The van der Waals surface area contributed by atoms with Crippen LogP contribution in [0.5, 0.6) is 0 Å². The Morgan fingerprint density at radius 1 is 1.10 bits per heavy atom. The largest absolute Gasteiger partial charge is 0.303 e. The fourth-order valence-corrected chi connectivity index (χ4v) is 2.43. The molecule has 0 heterocycles. The first kappa shape index (κ1) is 16.7. The molecule has 0 saturated heterocycles. The second-order valence-electron chi connectivity index (χ2n) is 5.07. The molecular formula is C16H26N2O2. The van der Waals surface area contributed by atoms with Crippen LogP contribution < -0.4 is 5.48 Å². The topological polar surface area (TPSA) is 52.6 Å². The van der Waals surface area contributed by atoms with Crippen molar-refractivity contribution < 1.29 is 10.0 Å². The molecule has 0 fully saturated rings. The Kier molecular flexibility index (Phi) is 7.92. The number of hydrogen-bond acceptors (Lipinski definition) is 3. The number of nitrogens with zero attached hydrogens (tertiary/aromatic N) is 1. The van der Waals surface area contributed by atoms with Crippen LogP contribution in [0.15, 0.2) is 24.3 Å². The summed E-state index contributed by atoms with van der Waals surface area (Å²) < 4.78 is 0. The molecule has 112 valence electrons. The van der Waals surface area contributed by atoms with E-state index >= 15 is 0 Å². The zero-order valence-corrected chi connectivity index (χ0v) is 12.6. The number of hydrogen-bond donors (Lipinski definition) is 2. The van der Waals surface area contributed by atoms with Crippen LogP contribution in [0.3, 0.4) is 0 Å². The summed E-state index contributed by atoms with van der Waals surface area (Å²) in [6.45, 7) is 7.64. The molecular weight excluding hydrogens is 252 g/mol. The molecule has 0 aliphatic rings. The van der Waals surface area contributed by atoms with Crippen LogP contribution in [-0.4, -0.2) is 35.6 Å². The van der Waals surface area contributed by atoms with Crippen molar-refractivity contribution in [1.29, 1.82) is 0 Å². The number of amides is 1. The van der Waals surface area contributed by atoms with Gasteiger partial charge in [0.05, 0.1) is 6.42 Å². The summed E-state index contributed by atoms with van der Waals surface area (Å²) in [5.74, 6) is -0.364. The van der Waals surface area contributed by atoms with E-state index in [9.17, 15) is 4.79 Å². The number of benzene rings is 1. The lowest BCUT2D eigenvalue weighted by atomic mass is 10.0. The first-order valence-electron chi connectivity index (χ1n) is 7.43. The van der Waals surface area contributed by atoms with Gasteiger partial charge in [-0.25, -0.2) is 5.48 Å². The molecule has 0 aliphatic heterocycles. The predicted molar refractivity (Wildman–Crippen MR) is 80.8 cm³/mol. The zero-order valence-electron chi connectivity index (χ0n) is 12.6. The predicted octanol–water partition coefficient (Wildman–Crippen LogP) is 2.40. The standard InChI is InChI=1S/C16H26N2O2/c1-3-10-18(11-4-2)12-9-14-7-5-6-8-15(14)13-16(19)17-20/h5-8,20H,3-4,9-13H2,1-2H3,(H,17,19). The minimum Gasteiger partial charge on any atom is -0.303 e. The molecule has 0 aliphatic carbocycles. The van der Waals surface area contributed by atoms with Gasteiger partial charge in [0, 0.05) is 6.54 Å². The highest BCUT2D eigenvalue weighted by atomic mass is 16.5. The lowest BCUT2D eigenvalue weighted by molar-refractivity contribution is -0.128. The first-order chi connectivity index (χ1) is 9.71. The average molecular weight is 278 g/mol. The normalized spacial score (nSPS) is 10.8. The maximum atomic E-state index is 11.3. The summed E-state index contributed by atoms with van der Waals surface area (Å²) in [6, 6.07) is 7.95. The monoisotopic (exact) mass is 278 g/mol. The van der Waals surface area contributed by atoms with Gasteiger partial charge in [-0.05, 0) is 43.5 Å². The lowest BCUT2D eigenvalue weighted by Crippen LogP contribution is -2.28. The number of carbonyl (C=O) groups excluding carboxylic acids is 1. The van der Waals surface area contributed by atoms with Gasteiger partial charge >= 0.3 is 0 Å². The molecule has 1 amide bonds. The summed E-state index contributed by atoms with van der Waals surface area (Å²) in [5.41, 5.74) is 3.88. The molecule has 1 aromatic carbocycles. The average Bonchev–Trinajstić information content (AvgIpc) is 2.46. The molecule has 1 aromatic rings. The summed E-state index contributed by atoms with van der Waals surface area (Å²) in [5, 5.41) is 8.64. The van der Waals surface area contributed by atoms with Crippen molar-refractivity contribution in [2.24, 2.45) is 0 Å². The van der Waals surface area contributed by atoms with Gasteiger partial charge in [-0.15, -0.1) is 0 Å². The fraction of sp³-hybridized carbons (Fsp3) is 0.562. The van der Waals surface area contributed by atoms with E-state index in [1.165, 1.54) is 5.56 Å². The van der Waals surface area contributed by atoms with E-state index in [0.717, 1.165) is 44.5 Å². The van der Waals surface area contributed by atoms with Crippen LogP contribution >= 0.6 is 0 Å². The van der Waals surface area contributed by atoms with Crippen LogP contribution in [0.25, 0.3) is 0 Å². The van der Waals surface area contributed by atoms with Gasteiger partial charge in [0.2, 0.25) is 5.91 Å². The second-order valence-corrected chi connectivity index (χ2v) is 5.07. The van der Waals surface area contributed by atoms with E-state index < -0.39 is 0 Å². The maximum Gasteiger partial charge on any atom is 0.247 e. The number of hydroxylamine groups is 1. The van der Waals surface area contributed by atoms with Gasteiger partial charge in [-0.2, -0.15) is 0 Å². The van der Waals surface area contributed by atoms with Crippen molar-refractivity contribution in [2.45, 2.75) is 39.5 Å². The Balaban J connectivity index is 2.64. The molecule has 1 rings (SSSR count). The molecule has 0 atom stereocenters. The highest BCUT2D eigenvalue weighted by Gasteiger charge is 2.09. The molecule has 20 heavy (non-hydrogen) atoms. The quantitative estimate of drug-likeness (QED) is 0.539. The third-order valence-electron chi connectivity index (χ3n) is 3.37. The van der Waals surface area contributed by atoms with Crippen molar-refractivity contribution in [1.82, 2.24) is 10.4 Å². The van der Waals surface area contributed by atoms with Gasteiger partial charge in [0.25, 0.3) is 0 Å². The Morgan fingerprint density at radius 3 is 2.25 bits per heavy atom. The van der Waals surface area contributed by atoms with Crippen molar-refractivity contribution >= 4 is 5.91 Å². The Bertz CT molecular complexity index is 401. The molecule has 2 N–H and O–H groups in total. The van der Waals surface area contributed by atoms with Crippen LogP contribution in [-0.2, 0) is 17.6 Å². The van der Waals surface area contributed by atoms with Gasteiger partial charge in [-0.1, -0.05) is 38.1 Å². The lowest BCUT2D eigenvalue weighted by Gasteiger charge is -2.21. The van der Waals surface area contributed by atoms with Crippen LogP contribution in [0.2, 0.25) is 0 Å². The summed E-state index contributed by atoms with van der Waals surface area (Å²) in [4.78, 5) is 13.8. The van der Waals surface area contributed by atoms with E-state index in [1.807, 2.05) is 18.2 Å². The van der Waals surface area contributed by atoms with Crippen molar-refractivity contribution in [3.63, 3.8) is 0 Å². The molecule has 0 unspecified atom stereocenters.